The van der Waals surface area contributed by atoms with Gasteiger partial charge in [-0.15, -0.1) is 30.6 Å². The highest BCUT2D eigenvalue weighted by Crippen LogP contribution is 2.48. The van der Waals surface area contributed by atoms with E-state index in [4.69, 9.17) is 13.8 Å². The van der Waals surface area contributed by atoms with Gasteiger partial charge in [0.1, 0.15) is 5.82 Å². The molecule has 31 aromatic rings. The second kappa shape index (κ2) is 36.2. The van der Waals surface area contributed by atoms with Crippen LogP contribution in [0, 0.1) is 0 Å². The zero-order chi connectivity index (χ0) is 97.6. The highest BCUT2D eigenvalue weighted by atomic mass is 16.4. The fourth-order valence-corrected chi connectivity index (χ4v) is 22.2. The van der Waals surface area contributed by atoms with Crippen molar-refractivity contribution >= 4 is 140 Å². The zero-order valence-electron chi connectivity index (χ0n) is 79.9. The van der Waals surface area contributed by atoms with Gasteiger partial charge in [-0.3, -0.25) is 9.13 Å². The number of rotatable bonds is 14. The lowest BCUT2D eigenvalue weighted by molar-refractivity contribution is 0.584. The van der Waals surface area contributed by atoms with E-state index in [0.717, 1.165) is 90.0 Å². The molecular formula is C137H85N9O2. The van der Waals surface area contributed by atoms with E-state index in [1.54, 1.807) is 0 Å². The monoisotopic (exact) mass is 1890 g/mol. The SMILES string of the molecule is c1ccc(-c2ccc(-c3nnc(-c4ccc(-c5cc6cccc7ccc8cccc5c8c76)cc4)o3)cc2)cc1.c1ccc(-c2nnc(-c3ccc(-c4cc5cccc6ccc7cccc4c7c65)cc3)n2-c2ccccc2)cc1.c1ccc(-c2nnc(-c3ccc(-c4cc5cccc6ccc7cccc4c7c65)cc3)o2)cc1.c1ccc(-n2c(-c3ccc(-c4cc5cccc6ccc7cccc4c7c65)cc3)nc3ccccc32)cc1. The number of hydrogen-bond acceptors (Lipinski definition) is 9. The van der Waals surface area contributed by atoms with E-state index in [9.17, 15) is 0 Å². The van der Waals surface area contributed by atoms with Gasteiger partial charge in [0.25, 0.3) is 0 Å². The van der Waals surface area contributed by atoms with Crippen molar-refractivity contribution in [2.75, 3.05) is 0 Å². The highest BCUT2D eigenvalue weighted by molar-refractivity contribution is 6.30. The summed E-state index contributed by atoms with van der Waals surface area (Å²) in [7, 11) is 0. The maximum Gasteiger partial charge on any atom is 0.248 e. The third-order valence-electron chi connectivity index (χ3n) is 29.2. The summed E-state index contributed by atoms with van der Waals surface area (Å²) < 4.78 is 16.4. The molecular weight excluding hydrogens is 1800 g/mol. The smallest absolute Gasteiger partial charge is 0.248 e. The number of imidazole rings is 1. The van der Waals surface area contributed by atoms with E-state index < -0.39 is 0 Å². The number of fused-ring (bicyclic) bond motifs is 1. The molecule has 0 amide bonds. The van der Waals surface area contributed by atoms with Crippen molar-refractivity contribution in [3.63, 3.8) is 0 Å². The topological polar surface area (TPSA) is 126 Å². The summed E-state index contributed by atoms with van der Waals surface area (Å²) in [5.74, 6) is 4.68. The second-order valence-corrected chi connectivity index (χ2v) is 37.8. The molecule has 0 aliphatic carbocycles. The molecule has 0 fully saturated rings. The summed E-state index contributed by atoms with van der Waals surface area (Å²) in [6, 6.07) is 182. The molecule has 27 aromatic carbocycles. The molecule has 4 aromatic heterocycles. The Bertz CT molecular complexity index is 10400. The van der Waals surface area contributed by atoms with Crippen LogP contribution in [0.1, 0.15) is 0 Å². The van der Waals surface area contributed by atoms with Gasteiger partial charge in [0, 0.05) is 50.3 Å². The molecule has 0 spiro atoms. The Kier molecular flexibility index (Phi) is 21.0. The van der Waals surface area contributed by atoms with Crippen LogP contribution in [0.3, 0.4) is 0 Å². The number of aromatic nitrogens is 9. The van der Waals surface area contributed by atoms with Crippen LogP contribution in [-0.2, 0) is 0 Å². The first-order chi connectivity index (χ1) is 73.4. The third kappa shape index (κ3) is 15.2. The van der Waals surface area contributed by atoms with Gasteiger partial charge in [-0.1, -0.05) is 406 Å². The van der Waals surface area contributed by atoms with Gasteiger partial charge in [0.15, 0.2) is 11.6 Å². The summed E-state index contributed by atoms with van der Waals surface area (Å²) in [6.45, 7) is 0. The highest BCUT2D eigenvalue weighted by Gasteiger charge is 2.25. The minimum atomic E-state index is 0.513. The van der Waals surface area contributed by atoms with Crippen molar-refractivity contribution in [2.45, 2.75) is 0 Å². The van der Waals surface area contributed by atoms with E-state index in [-0.39, 0.29) is 0 Å². The number of nitrogens with zero attached hydrogens (tertiary/aromatic N) is 9. The molecule has 0 saturated carbocycles. The van der Waals surface area contributed by atoms with Gasteiger partial charge >= 0.3 is 0 Å². The van der Waals surface area contributed by atoms with E-state index in [0.29, 0.717) is 23.6 Å². The Labute approximate surface area is 850 Å². The third-order valence-corrected chi connectivity index (χ3v) is 29.2. The molecule has 0 unspecified atom stereocenters. The van der Waals surface area contributed by atoms with Gasteiger partial charge in [-0.25, -0.2) is 4.98 Å². The molecule has 4 heterocycles. The van der Waals surface area contributed by atoms with Gasteiger partial charge in [-0.05, 0) is 294 Å². The van der Waals surface area contributed by atoms with Crippen LogP contribution in [0.15, 0.2) is 524 Å². The Hall–Kier alpha value is -20.0. The molecule has 0 bridgehead atoms. The van der Waals surface area contributed by atoms with Crippen LogP contribution in [0.2, 0.25) is 0 Å². The van der Waals surface area contributed by atoms with Crippen molar-refractivity contribution < 1.29 is 8.83 Å². The minimum absolute atomic E-state index is 0.513. The standard InChI is InChI=1S/C36H23N3.C36H22N2O.C35H22N2.C30H18N2O/c1-3-9-27(10-4-1)35-37-38-36(39(35)30-14-5-2-6-15-30)28-21-17-24(18-22-28)32-23-29-13-7-11-25-19-20-26-12-8-16-31(32)34(26)33(25)29;1-2-6-23(7-3-1)24-12-18-28(19-13-24)35-37-38-36(39-35)29-20-14-25(15-21-29)32-22-30-10-4-8-26-16-17-27-9-5-11-31(32)34(27)33(26)30;1-2-11-28(12-3-1)37-32-15-5-4-14-31(32)36-35(37)26-20-16-23(17-21-26)30-22-27-10-6-8-24-18-19-25-9-7-13-29(30)34(25)33(24)27;1-2-6-22(7-3-1)29-31-32-30(33-29)23-16-12-19(13-17-23)26-18-24-10-4-8-20-14-15-21-9-5-11-25(26)28(21)27(20)24/h1-23H;1-22H;1-22H;1-18H. The lowest BCUT2D eigenvalue weighted by Crippen LogP contribution is -2.00. The Morgan fingerprint density at radius 1 is 0.149 bits per heavy atom. The quantitative estimate of drug-likeness (QED) is 0.0978. The van der Waals surface area contributed by atoms with Crippen LogP contribution >= 0.6 is 0 Å². The average Bonchev–Trinajstić information content (AvgIpc) is 0.996. The van der Waals surface area contributed by atoms with Crippen molar-refractivity contribution in [3.05, 3.63) is 516 Å². The molecule has 31 rings (SSSR count). The van der Waals surface area contributed by atoms with Crippen LogP contribution in [0.4, 0.5) is 0 Å². The molecule has 690 valence electrons. The molecule has 11 nitrogen and oxygen atoms in total. The largest absolute Gasteiger partial charge is 0.416 e. The van der Waals surface area contributed by atoms with Crippen LogP contribution < -0.4 is 0 Å². The minimum Gasteiger partial charge on any atom is -0.416 e. The molecule has 0 N–H and O–H groups in total. The average molecular weight is 1890 g/mol. The second-order valence-electron chi connectivity index (χ2n) is 37.8. The maximum absolute atomic E-state index is 6.08. The Morgan fingerprint density at radius 2 is 0.378 bits per heavy atom. The molecule has 0 atom stereocenters. The van der Waals surface area contributed by atoms with Crippen molar-refractivity contribution in [1.82, 2.24) is 44.7 Å². The van der Waals surface area contributed by atoms with Crippen molar-refractivity contribution in [3.8, 4) is 147 Å². The van der Waals surface area contributed by atoms with Crippen LogP contribution in [0.25, 0.3) is 287 Å². The molecule has 148 heavy (non-hydrogen) atoms. The maximum atomic E-state index is 6.08. The van der Waals surface area contributed by atoms with Gasteiger partial charge in [-0.2, -0.15) is 0 Å². The Morgan fingerprint density at radius 3 is 0.716 bits per heavy atom. The summed E-state index contributed by atoms with van der Waals surface area (Å²) in [5, 5.41) is 57.6. The molecule has 11 heteroatoms. The first-order valence-electron chi connectivity index (χ1n) is 49.9. The predicted octanol–water partition coefficient (Wildman–Crippen LogP) is 36.0. The fourth-order valence-electron chi connectivity index (χ4n) is 22.2. The normalized spacial score (nSPS) is 11.6. The zero-order valence-corrected chi connectivity index (χ0v) is 79.9. The number of benzene rings is 27. The predicted molar refractivity (Wildman–Crippen MR) is 611 cm³/mol. The van der Waals surface area contributed by atoms with E-state index in [1.165, 1.54) is 174 Å². The van der Waals surface area contributed by atoms with Crippen LogP contribution in [-0.4, -0.2) is 44.7 Å². The Balaban J connectivity index is 0.0000000953. The van der Waals surface area contributed by atoms with E-state index >= 15 is 0 Å². The van der Waals surface area contributed by atoms with Crippen molar-refractivity contribution in [1.29, 1.82) is 0 Å². The first kappa shape index (κ1) is 85.9. The lowest BCUT2D eigenvalue weighted by Gasteiger charge is -2.15. The van der Waals surface area contributed by atoms with Gasteiger partial charge in [0.2, 0.25) is 23.6 Å². The molecule has 0 aliphatic rings. The van der Waals surface area contributed by atoms with Gasteiger partial charge < -0.3 is 8.83 Å². The summed E-state index contributed by atoms with van der Waals surface area (Å²) in [5.41, 5.74) is 23.1. The molecule has 0 saturated heterocycles. The summed E-state index contributed by atoms with van der Waals surface area (Å²) in [6.07, 6.45) is 0. The van der Waals surface area contributed by atoms with Crippen molar-refractivity contribution in [2.24, 2.45) is 0 Å². The van der Waals surface area contributed by atoms with E-state index in [1.807, 2.05) is 109 Å². The molecule has 0 aliphatic heterocycles. The number of para-hydroxylation sites is 4. The first-order valence-corrected chi connectivity index (χ1v) is 49.9. The fraction of sp³-hybridized carbons (Fsp3) is 0. The summed E-state index contributed by atoms with van der Waals surface area (Å²) in [4.78, 5) is 5.04. The van der Waals surface area contributed by atoms with Crippen LogP contribution in [0.5, 0.6) is 0 Å². The van der Waals surface area contributed by atoms with Gasteiger partial charge in [0.05, 0.1) is 11.0 Å². The lowest BCUT2D eigenvalue weighted by atomic mass is 9.89. The summed E-state index contributed by atoms with van der Waals surface area (Å²) >= 11 is 0. The van der Waals surface area contributed by atoms with E-state index in [2.05, 4.69) is 446 Å². The number of hydrogen-bond donors (Lipinski definition) is 0. The molecule has 0 radical (unpaired) electrons.